The minimum Gasteiger partial charge on any atom is -0.449 e. The third-order valence-corrected chi connectivity index (χ3v) is 6.14. The molecule has 1 unspecified atom stereocenters. The zero-order chi connectivity index (χ0) is 22.8. The highest BCUT2D eigenvalue weighted by molar-refractivity contribution is 7.22. The van der Waals surface area contributed by atoms with Crippen LogP contribution in [0.25, 0.3) is 21.6 Å². The van der Waals surface area contributed by atoms with Crippen molar-refractivity contribution < 1.29 is 14.3 Å². The maximum absolute atomic E-state index is 12.7. The summed E-state index contributed by atoms with van der Waals surface area (Å²) in [5, 5.41) is 3.26. The second-order valence-electron chi connectivity index (χ2n) is 7.65. The van der Waals surface area contributed by atoms with E-state index in [0.29, 0.717) is 17.1 Å². The number of thiazole rings is 1. The molecule has 2 aromatic carbocycles. The number of ether oxygens (including phenoxy) is 1. The van der Waals surface area contributed by atoms with Gasteiger partial charge in [0.1, 0.15) is 5.82 Å². The van der Waals surface area contributed by atoms with Crippen LogP contribution in [-0.2, 0) is 9.53 Å². The topological polar surface area (TPSA) is 97.0 Å². The Balaban J connectivity index is 1.42. The molecule has 0 bridgehead atoms. The van der Waals surface area contributed by atoms with Crippen molar-refractivity contribution in [2.45, 2.75) is 40.2 Å². The molecule has 0 aliphatic heterocycles. The summed E-state index contributed by atoms with van der Waals surface area (Å²) in [5.41, 5.74) is 5.13. The van der Waals surface area contributed by atoms with Crippen LogP contribution >= 0.6 is 11.3 Å². The summed E-state index contributed by atoms with van der Waals surface area (Å²) < 4.78 is 6.48. The van der Waals surface area contributed by atoms with E-state index in [0.717, 1.165) is 38.6 Å². The maximum atomic E-state index is 12.7. The van der Waals surface area contributed by atoms with Crippen LogP contribution in [0.15, 0.2) is 42.5 Å². The van der Waals surface area contributed by atoms with Gasteiger partial charge in [0, 0.05) is 11.3 Å². The molecule has 0 spiro atoms. The molecule has 2 aromatic heterocycles. The Morgan fingerprint density at radius 1 is 1.09 bits per heavy atom. The van der Waals surface area contributed by atoms with Crippen molar-refractivity contribution in [3.8, 4) is 11.4 Å². The molecule has 7 nitrogen and oxygen atoms in total. The minimum atomic E-state index is -0.911. The molecule has 1 amide bonds. The number of nitrogens with one attached hydrogen (secondary N) is 2. The number of fused-ring (bicyclic) bond motifs is 1. The van der Waals surface area contributed by atoms with Gasteiger partial charge >= 0.3 is 5.97 Å². The summed E-state index contributed by atoms with van der Waals surface area (Å²) in [6, 6.07) is 12.9. The molecule has 164 valence electrons. The number of imidazole rings is 1. The molecular formula is C24H24N4O3S. The average molecular weight is 449 g/mol. The highest BCUT2D eigenvalue weighted by Gasteiger charge is 2.23. The fraction of sp³-hybridized carbons (Fsp3) is 0.250. The van der Waals surface area contributed by atoms with Gasteiger partial charge in [-0.25, -0.2) is 14.8 Å². The first kappa shape index (κ1) is 21.7. The van der Waals surface area contributed by atoms with E-state index in [1.165, 1.54) is 11.3 Å². The first-order chi connectivity index (χ1) is 15.3. The van der Waals surface area contributed by atoms with E-state index in [9.17, 15) is 9.59 Å². The Kier molecular flexibility index (Phi) is 6.05. The number of rotatable bonds is 6. The lowest BCUT2D eigenvalue weighted by Gasteiger charge is -2.15. The van der Waals surface area contributed by atoms with Crippen LogP contribution in [-0.4, -0.2) is 32.9 Å². The fourth-order valence-electron chi connectivity index (χ4n) is 3.24. The van der Waals surface area contributed by atoms with Crippen molar-refractivity contribution >= 4 is 38.6 Å². The lowest BCUT2D eigenvalue weighted by Crippen LogP contribution is -2.32. The number of H-pyrrole nitrogens is 1. The molecule has 2 heterocycles. The van der Waals surface area contributed by atoms with Crippen molar-refractivity contribution in [1.29, 1.82) is 0 Å². The highest BCUT2D eigenvalue weighted by Crippen LogP contribution is 2.27. The molecular weight excluding hydrogens is 424 g/mol. The van der Waals surface area contributed by atoms with Crippen molar-refractivity contribution in [3.63, 3.8) is 0 Å². The lowest BCUT2D eigenvalue weighted by atomic mass is 10.1. The molecule has 2 N–H and O–H groups in total. The second-order valence-corrected chi connectivity index (χ2v) is 8.69. The van der Waals surface area contributed by atoms with Gasteiger partial charge in [-0.1, -0.05) is 36.5 Å². The van der Waals surface area contributed by atoms with Gasteiger partial charge in [0.2, 0.25) is 0 Å². The number of hydrogen-bond acceptors (Lipinski definition) is 6. The Morgan fingerprint density at radius 2 is 1.84 bits per heavy atom. The van der Waals surface area contributed by atoms with Gasteiger partial charge in [0.15, 0.2) is 11.2 Å². The van der Waals surface area contributed by atoms with E-state index in [1.807, 2.05) is 39.0 Å². The molecule has 0 fully saturated rings. The number of nitrogens with zero attached hydrogens (tertiary/aromatic N) is 2. The number of carbonyl (C=O) groups is 2. The van der Waals surface area contributed by atoms with Gasteiger partial charge in [0.25, 0.3) is 5.91 Å². The van der Waals surface area contributed by atoms with Gasteiger partial charge in [-0.3, -0.25) is 10.1 Å². The Hall–Kier alpha value is -3.52. The van der Waals surface area contributed by atoms with Gasteiger partial charge in [-0.05, 0) is 57.0 Å². The molecule has 0 radical (unpaired) electrons. The summed E-state index contributed by atoms with van der Waals surface area (Å²) in [4.78, 5) is 37.4. The number of amides is 1. The molecule has 32 heavy (non-hydrogen) atoms. The maximum Gasteiger partial charge on any atom is 0.338 e. The molecule has 4 rings (SSSR count). The van der Waals surface area contributed by atoms with E-state index in [1.54, 1.807) is 31.2 Å². The van der Waals surface area contributed by atoms with Crippen LogP contribution in [0.3, 0.4) is 0 Å². The Bertz CT molecular complexity index is 1270. The predicted molar refractivity (Wildman–Crippen MR) is 126 cm³/mol. The molecule has 8 heteroatoms. The number of esters is 1. The van der Waals surface area contributed by atoms with Gasteiger partial charge in [0.05, 0.1) is 21.5 Å². The number of benzene rings is 2. The van der Waals surface area contributed by atoms with Crippen LogP contribution in [0.2, 0.25) is 0 Å². The third-order valence-electron chi connectivity index (χ3n) is 5.21. The number of hydrogen-bond donors (Lipinski definition) is 2. The Labute approximate surface area is 189 Å². The summed E-state index contributed by atoms with van der Waals surface area (Å²) in [7, 11) is 0. The van der Waals surface area contributed by atoms with Crippen molar-refractivity contribution in [2.75, 3.05) is 5.32 Å². The summed E-state index contributed by atoms with van der Waals surface area (Å²) in [6.45, 7) is 7.70. The standard InChI is InChI=1S/C24H24N4O3S/c1-5-19(22(29)28-24-27-18-11-6-13(2)12-20(18)32-24)31-23(30)17-9-7-16(8-10-17)21-25-14(3)15(4)26-21/h6-12,19H,5H2,1-4H3,(H,25,26)(H,27,28,29). The number of aryl methyl sites for hydroxylation is 3. The van der Waals surface area contributed by atoms with Gasteiger partial charge in [-0.15, -0.1) is 0 Å². The molecule has 0 aliphatic rings. The largest absolute Gasteiger partial charge is 0.449 e. The number of carbonyl (C=O) groups excluding carboxylic acids is 2. The van der Waals surface area contributed by atoms with E-state index >= 15 is 0 Å². The summed E-state index contributed by atoms with van der Waals surface area (Å²) in [6.07, 6.45) is -0.559. The summed E-state index contributed by atoms with van der Waals surface area (Å²) in [5.74, 6) is -0.197. The smallest absolute Gasteiger partial charge is 0.338 e. The highest BCUT2D eigenvalue weighted by atomic mass is 32.1. The van der Waals surface area contributed by atoms with Crippen LogP contribution in [0.1, 0.15) is 40.7 Å². The zero-order valence-electron chi connectivity index (χ0n) is 18.4. The van der Waals surface area contributed by atoms with Crippen LogP contribution < -0.4 is 5.32 Å². The van der Waals surface area contributed by atoms with Crippen molar-refractivity contribution in [2.24, 2.45) is 0 Å². The number of aromatic amines is 1. The van der Waals surface area contributed by atoms with Gasteiger partial charge < -0.3 is 9.72 Å². The van der Waals surface area contributed by atoms with Crippen LogP contribution in [0.5, 0.6) is 0 Å². The zero-order valence-corrected chi connectivity index (χ0v) is 19.2. The van der Waals surface area contributed by atoms with E-state index in [-0.39, 0.29) is 0 Å². The normalized spacial score (nSPS) is 12.0. The third kappa shape index (κ3) is 4.55. The fourth-order valence-corrected chi connectivity index (χ4v) is 4.21. The Morgan fingerprint density at radius 3 is 2.50 bits per heavy atom. The number of aromatic nitrogens is 3. The first-order valence-electron chi connectivity index (χ1n) is 10.4. The van der Waals surface area contributed by atoms with E-state index in [4.69, 9.17) is 4.74 Å². The van der Waals surface area contributed by atoms with Crippen molar-refractivity contribution in [3.05, 3.63) is 65.0 Å². The van der Waals surface area contributed by atoms with E-state index in [2.05, 4.69) is 20.3 Å². The summed E-state index contributed by atoms with van der Waals surface area (Å²) >= 11 is 1.39. The molecule has 0 aliphatic carbocycles. The molecule has 0 saturated carbocycles. The average Bonchev–Trinajstić information content (AvgIpc) is 3.33. The first-order valence-corrected chi connectivity index (χ1v) is 11.2. The SMILES string of the molecule is CCC(OC(=O)c1ccc(-c2nc(C)c(C)[nH]2)cc1)C(=O)Nc1nc2ccc(C)cc2s1. The predicted octanol–water partition coefficient (Wildman–Crippen LogP) is 5.19. The number of anilines is 1. The lowest BCUT2D eigenvalue weighted by molar-refractivity contribution is -0.124. The molecule has 0 saturated heterocycles. The second kappa shape index (κ2) is 8.92. The molecule has 1 atom stereocenters. The quantitative estimate of drug-likeness (QED) is 0.396. The van der Waals surface area contributed by atoms with Crippen molar-refractivity contribution in [1.82, 2.24) is 15.0 Å². The monoisotopic (exact) mass is 448 g/mol. The van der Waals surface area contributed by atoms with E-state index < -0.39 is 18.0 Å². The minimum absolute atomic E-state index is 0.352. The van der Waals surface area contributed by atoms with Gasteiger partial charge in [-0.2, -0.15) is 0 Å². The van der Waals surface area contributed by atoms with Crippen LogP contribution in [0.4, 0.5) is 5.13 Å². The van der Waals surface area contributed by atoms with Crippen LogP contribution in [0, 0.1) is 20.8 Å². The molecule has 4 aromatic rings.